The normalized spacial score (nSPS) is 14.3. The van der Waals surface area contributed by atoms with Crippen molar-refractivity contribution in [3.63, 3.8) is 0 Å². The van der Waals surface area contributed by atoms with Gasteiger partial charge < -0.3 is 10.3 Å². The van der Waals surface area contributed by atoms with Gasteiger partial charge in [-0.25, -0.2) is 8.42 Å². The first-order valence-corrected chi connectivity index (χ1v) is 5.75. The molecule has 0 aromatic carbocycles. The third-order valence-corrected chi connectivity index (χ3v) is 2.47. The predicted molar refractivity (Wildman–Crippen MR) is 45.6 cm³/mol. The molecule has 1 unspecified atom stereocenters. The van der Waals surface area contributed by atoms with Crippen LogP contribution < -0.4 is 5.73 Å². The SMILES string of the molecule is CS(=O)(=O)CCC(N)c1ncno1. The van der Waals surface area contributed by atoms with Gasteiger partial charge in [0.25, 0.3) is 0 Å². The zero-order valence-corrected chi connectivity index (χ0v) is 7.99. The lowest BCUT2D eigenvalue weighted by molar-refractivity contribution is 0.351. The number of sulfone groups is 1. The summed E-state index contributed by atoms with van der Waals surface area (Å²) in [5, 5.41) is 3.37. The van der Waals surface area contributed by atoms with E-state index in [0.717, 1.165) is 6.26 Å². The van der Waals surface area contributed by atoms with Crippen molar-refractivity contribution in [2.75, 3.05) is 12.0 Å². The highest BCUT2D eigenvalue weighted by molar-refractivity contribution is 7.90. The molecule has 0 spiro atoms. The van der Waals surface area contributed by atoms with Gasteiger partial charge in [0.1, 0.15) is 9.84 Å². The van der Waals surface area contributed by atoms with Crippen LogP contribution in [0.3, 0.4) is 0 Å². The molecule has 0 saturated carbocycles. The van der Waals surface area contributed by atoms with E-state index in [4.69, 9.17) is 5.73 Å². The van der Waals surface area contributed by atoms with E-state index in [-0.39, 0.29) is 11.6 Å². The average molecular weight is 205 g/mol. The van der Waals surface area contributed by atoms with Crippen LogP contribution in [0.1, 0.15) is 18.4 Å². The van der Waals surface area contributed by atoms with Crippen LogP contribution in [0, 0.1) is 0 Å². The summed E-state index contributed by atoms with van der Waals surface area (Å²) in [4.78, 5) is 3.72. The molecule has 0 radical (unpaired) electrons. The van der Waals surface area contributed by atoms with Gasteiger partial charge in [-0.3, -0.25) is 0 Å². The molecule has 6 nitrogen and oxygen atoms in total. The number of hydrogen-bond donors (Lipinski definition) is 1. The summed E-state index contributed by atoms with van der Waals surface area (Å²) >= 11 is 0. The van der Waals surface area contributed by atoms with Gasteiger partial charge in [0.15, 0.2) is 6.33 Å². The van der Waals surface area contributed by atoms with Crippen LogP contribution in [-0.2, 0) is 9.84 Å². The molecular weight excluding hydrogens is 194 g/mol. The van der Waals surface area contributed by atoms with E-state index in [9.17, 15) is 8.42 Å². The zero-order chi connectivity index (χ0) is 9.90. The second kappa shape index (κ2) is 3.84. The van der Waals surface area contributed by atoms with Crippen LogP contribution in [0.25, 0.3) is 0 Å². The van der Waals surface area contributed by atoms with Crippen LogP contribution in [0.15, 0.2) is 10.9 Å². The van der Waals surface area contributed by atoms with Gasteiger partial charge in [0, 0.05) is 6.26 Å². The summed E-state index contributed by atoms with van der Waals surface area (Å²) in [6.07, 6.45) is 2.68. The molecule has 0 aliphatic rings. The molecule has 7 heteroatoms. The molecule has 0 bridgehead atoms. The average Bonchev–Trinajstić information content (AvgIpc) is 2.50. The lowest BCUT2D eigenvalue weighted by atomic mass is 10.2. The molecule has 1 aromatic rings. The molecule has 13 heavy (non-hydrogen) atoms. The molecule has 1 heterocycles. The largest absolute Gasteiger partial charge is 0.338 e. The maximum atomic E-state index is 10.8. The minimum absolute atomic E-state index is 0.0244. The second-order valence-electron chi connectivity index (χ2n) is 2.80. The topological polar surface area (TPSA) is 99.1 Å². The molecule has 0 aliphatic carbocycles. The standard InChI is InChI=1S/C6H11N3O3S/c1-13(10,11)3-2-5(7)6-8-4-9-12-6/h4-5H,2-3,7H2,1H3. The number of rotatable bonds is 4. The van der Waals surface area contributed by atoms with Crippen LogP contribution >= 0.6 is 0 Å². The summed E-state index contributed by atoms with van der Waals surface area (Å²) in [7, 11) is -2.98. The maximum absolute atomic E-state index is 10.8. The molecule has 1 atom stereocenters. The van der Waals surface area contributed by atoms with Gasteiger partial charge in [-0.2, -0.15) is 4.98 Å². The predicted octanol–water partition coefficient (Wildman–Crippen LogP) is -0.496. The minimum atomic E-state index is -2.98. The first-order chi connectivity index (χ1) is 5.99. The Bertz CT molecular complexity index is 345. The summed E-state index contributed by atoms with van der Waals surface area (Å²) in [6, 6.07) is -0.503. The van der Waals surface area contributed by atoms with E-state index in [1.807, 2.05) is 0 Å². The highest BCUT2D eigenvalue weighted by Gasteiger charge is 2.14. The maximum Gasteiger partial charge on any atom is 0.243 e. The number of aromatic nitrogens is 2. The van der Waals surface area contributed by atoms with Crippen molar-refractivity contribution >= 4 is 9.84 Å². The van der Waals surface area contributed by atoms with Gasteiger partial charge in [-0.15, -0.1) is 0 Å². The second-order valence-corrected chi connectivity index (χ2v) is 5.06. The molecule has 0 aliphatic heterocycles. The summed E-state index contributed by atoms with van der Waals surface area (Å²) < 4.78 is 26.2. The van der Waals surface area contributed by atoms with E-state index in [2.05, 4.69) is 14.7 Å². The first kappa shape index (κ1) is 10.1. The Morgan fingerprint density at radius 1 is 1.69 bits per heavy atom. The molecule has 0 fully saturated rings. The number of nitrogens with two attached hydrogens (primary N) is 1. The van der Waals surface area contributed by atoms with Crippen molar-refractivity contribution in [1.29, 1.82) is 0 Å². The zero-order valence-electron chi connectivity index (χ0n) is 7.17. The van der Waals surface area contributed by atoms with Gasteiger partial charge in [-0.05, 0) is 6.42 Å². The van der Waals surface area contributed by atoms with Crippen LogP contribution in [0.4, 0.5) is 0 Å². The Morgan fingerprint density at radius 3 is 2.85 bits per heavy atom. The molecular formula is C6H11N3O3S. The van der Waals surface area contributed by atoms with Gasteiger partial charge in [0.2, 0.25) is 5.89 Å². The van der Waals surface area contributed by atoms with E-state index < -0.39 is 15.9 Å². The van der Waals surface area contributed by atoms with E-state index in [1.54, 1.807) is 0 Å². The lowest BCUT2D eigenvalue weighted by Crippen LogP contribution is -2.15. The van der Waals surface area contributed by atoms with Crippen molar-refractivity contribution in [3.05, 3.63) is 12.2 Å². The summed E-state index contributed by atoms with van der Waals surface area (Å²) in [6.45, 7) is 0. The Kier molecular flexibility index (Phi) is 2.99. The fourth-order valence-corrected chi connectivity index (χ4v) is 1.49. The van der Waals surface area contributed by atoms with E-state index >= 15 is 0 Å². The van der Waals surface area contributed by atoms with Crippen molar-refractivity contribution in [1.82, 2.24) is 10.1 Å². The van der Waals surface area contributed by atoms with Gasteiger partial charge in [-0.1, -0.05) is 5.16 Å². The van der Waals surface area contributed by atoms with Crippen molar-refractivity contribution < 1.29 is 12.9 Å². The summed E-state index contributed by atoms with van der Waals surface area (Å²) in [5.41, 5.74) is 5.59. The smallest absolute Gasteiger partial charge is 0.243 e. The third kappa shape index (κ3) is 3.51. The van der Waals surface area contributed by atoms with Gasteiger partial charge in [0.05, 0.1) is 11.8 Å². The Balaban J connectivity index is 2.48. The van der Waals surface area contributed by atoms with Crippen molar-refractivity contribution in [2.45, 2.75) is 12.5 Å². The molecule has 2 N–H and O–H groups in total. The molecule has 74 valence electrons. The molecule has 0 saturated heterocycles. The number of nitrogens with zero attached hydrogens (tertiary/aromatic N) is 2. The highest BCUT2D eigenvalue weighted by Crippen LogP contribution is 2.10. The van der Waals surface area contributed by atoms with Gasteiger partial charge >= 0.3 is 0 Å². The lowest BCUT2D eigenvalue weighted by Gasteiger charge is -2.04. The Labute approximate surface area is 76.0 Å². The molecule has 1 rings (SSSR count). The van der Waals surface area contributed by atoms with Crippen LogP contribution in [0.2, 0.25) is 0 Å². The van der Waals surface area contributed by atoms with E-state index in [0.29, 0.717) is 6.42 Å². The fraction of sp³-hybridized carbons (Fsp3) is 0.667. The van der Waals surface area contributed by atoms with Crippen LogP contribution in [-0.4, -0.2) is 30.6 Å². The molecule has 0 amide bonds. The fourth-order valence-electron chi connectivity index (χ4n) is 0.810. The quantitative estimate of drug-likeness (QED) is 0.711. The first-order valence-electron chi connectivity index (χ1n) is 3.69. The summed E-state index contributed by atoms with van der Waals surface area (Å²) in [5.74, 6) is 0.292. The Morgan fingerprint density at radius 2 is 2.38 bits per heavy atom. The number of hydrogen-bond acceptors (Lipinski definition) is 6. The van der Waals surface area contributed by atoms with Crippen molar-refractivity contribution in [2.24, 2.45) is 5.73 Å². The molecule has 1 aromatic heterocycles. The highest BCUT2D eigenvalue weighted by atomic mass is 32.2. The minimum Gasteiger partial charge on any atom is -0.338 e. The van der Waals surface area contributed by atoms with Crippen LogP contribution in [0.5, 0.6) is 0 Å². The van der Waals surface area contributed by atoms with Crippen molar-refractivity contribution in [3.8, 4) is 0 Å². The third-order valence-electron chi connectivity index (χ3n) is 1.50. The Hall–Kier alpha value is -0.950. The monoisotopic (exact) mass is 205 g/mol. The van der Waals surface area contributed by atoms with E-state index in [1.165, 1.54) is 6.33 Å².